The van der Waals surface area contributed by atoms with Gasteiger partial charge < -0.3 is 9.84 Å². The highest BCUT2D eigenvalue weighted by Crippen LogP contribution is 2.41. The molecule has 1 heterocycles. The molecule has 1 aromatic heterocycles. The number of pyridine rings is 1. The third-order valence-corrected chi connectivity index (χ3v) is 4.68. The van der Waals surface area contributed by atoms with Crippen molar-refractivity contribution in [2.45, 2.75) is 38.5 Å². The summed E-state index contributed by atoms with van der Waals surface area (Å²) in [6.07, 6.45) is -7.54. The molecule has 160 valence electrons. The number of benzene rings is 1. The zero-order valence-corrected chi connectivity index (χ0v) is 15.4. The minimum absolute atomic E-state index is 0.0745. The fourth-order valence-electron chi connectivity index (χ4n) is 3.11. The number of aromatic carboxylic acids is 1. The predicted molar refractivity (Wildman–Crippen MR) is 93.1 cm³/mol. The summed E-state index contributed by atoms with van der Waals surface area (Å²) in [5.74, 6) is -2.87. The van der Waals surface area contributed by atoms with E-state index >= 15 is 0 Å². The minimum Gasteiger partial charge on any atom is -0.478 e. The van der Waals surface area contributed by atoms with Gasteiger partial charge >= 0.3 is 18.1 Å². The molecule has 0 bridgehead atoms. The van der Waals surface area contributed by atoms with Gasteiger partial charge in [-0.1, -0.05) is 18.2 Å². The van der Waals surface area contributed by atoms with Crippen molar-refractivity contribution in [3.05, 3.63) is 64.0 Å². The smallest absolute Gasteiger partial charge is 0.433 e. The van der Waals surface area contributed by atoms with E-state index in [-0.39, 0.29) is 17.9 Å². The normalized spacial score (nSPS) is 14.1. The summed E-state index contributed by atoms with van der Waals surface area (Å²) in [5, 5.41) is 9.44. The molecule has 0 aliphatic heterocycles. The Morgan fingerprint density at radius 1 is 1.13 bits per heavy atom. The number of hydrogen-bond donors (Lipinski definition) is 1. The average molecular weight is 429 g/mol. The maximum atomic E-state index is 13.6. The molecule has 3 rings (SSSR count). The quantitative estimate of drug-likeness (QED) is 0.493. The van der Waals surface area contributed by atoms with E-state index in [9.17, 15) is 36.6 Å². The van der Waals surface area contributed by atoms with Gasteiger partial charge in [-0.05, 0) is 42.9 Å². The number of ether oxygens (including phenoxy) is 1. The van der Waals surface area contributed by atoms with Crippen LogP contribution in [0, 0.1) is 5.92 Å². The van der Waals surface area contributed by atoms with Crippen LogP contribution in [0.1, 0.15) is 62.5 Å². The first-order valence-corrected chi connectivity index (χ1v) is 8.96. The molecule has 0 atom stereocenters. The van der Waals surface area contributed by atoms with E-state index in [2.05, 4.69) is 4.98 Å². The molecule has 1 aliphatic rings. The highest BCUT2D eigenvalue weighted by Gasteiger charge is 2.41. The summed E-state index contributed by atoms with van der Waals surface area (Å²) in [6, 6.07) is 7.45. The van der Waals surface area contributed by atoms with Crippen LogP contribution < -0.4 is 0 Å². The molecule has 1 aliphatic carbocycles. The van der Waals surface area contributed by atoms with E-state index in [1.165, 1.54) is 24.3 Å². The van der Waals surface area contributed by atoms with Crippen molar-refractivity contribution in [3.8, 4) is 0 Å². The molecule has 1 aromatic carbocycles. The Bertz CT molecular complexity index is 956. The second kappa shape index (κ2) is 8.37. The Hall–Kier alpha value is -3.04. The number of carbonyl (C=O) groups excluding carboxylic acids is 1. The summed E-state index contributed by atoms with van der Waals surface area (Å²) < 4.78 is 72.6. The molecule has 0 radical (unpaired) electrons. The van der Waals surface area contributed by atoms with E-state index in [0.29, 0.717) is 12.8 Å². The maximum absolute atomic E-state index is 13.6. The lowest BCUT2D eigenvalue weighted by Crippen LogP contribution is -2.22. The van der Waals surface area contributed by atoms with E-state index < -0.39 is 59.2 Å². The predicted octanol–water partition coefficient (Wildman–Crippen LogP) is 5.05. The number of hydrogen-bond acceptors (Lipinski definition) is 4. The van der Waals surface area contributed by atoms with E-state index in [1.807, 2.05) is 0 Å². The van der Waals surface area contributed by atoms with Crippen molar-refractivity contribution in [3.63, 3.8) is 0 Å². The fraction of sp³-hybridized carbons (Fsp3) is 0.350. The van der Waals surface area contributed by atoms with Gasteiger partial charge in [0.05, 0.1) is 11.1 Å². The van der Waals surface area contributed by atoms with Crippen molar-refractivity contribution >= 4 is 11.9 Å². The van der Waals surface area contributed by atoms with Gasteiger partial charge in [0.2, 0.25) is 0 Å². The van der Waals surface area contributed by atoms with Gasteiger partial charge in [-0.15, -0.1) is 0 Å². The molecule has 1 N–H and O–H groups in total. The lowest BCUT2D eigenvalue weighted by atomic mass is 9.93. The molecule has 0 unspecified atom stereocenters. The number of esters is 1. The second-order valence-electron chi connectivity index (χ2n) is 6.87. The third-order valence-electron chi connectivity index (χ3n) is 4.68. The lowest BCUT2D eigenvalue weighted by molar-refractivity contribution is -0.142. The summed E-state index contributed by atoms with van der Waals surface area (Å²) >= 11 is 0. The standard InChI is InChI=1S/C20H16F5NO4/c21-17(22)15-14(18(27)28)12(8-10-6-7-10)13(16(26-15)20(23,24)25)9-30-19(29)11-4-2-1-3-5-11/h1-5,10,17H,6-9H2,(H,27,28). The molecule has 5 nitrogen and oxygen atoms in total. The maximum Gasteiger partial charge on any atom is 0.433 e. The van der Waals surface area contributed by atoms with Crippen molar-refractivity contribution < 1.29 is 41.4 Å². The summed E-state index contributed by atoms with van der Waals surface area (Å²) in [7, 11) is 0. The molecule has 2 aromatic rings. The van der Waals surface area contributed by atoms with Gasteiger partial charge in [0.15, 0.2) is 5.69 Å². The van der Waals surface area contributed by atoms with Crippen molar-refractivity contribution in [2.75, 3.05) is 0 Å². The van der Waals surface area contributed by atoms with Crippen molar-refractivity contribution in [2.24, 2.45) is 5.92 Å². The van der Waals surface area contributed by atoms with Gasteiger partial charge in [-0.25, -0.2) is 23.4 Å². The Balaban J connectivity index is 2.11. The van der Waals surface area contributed by atoms with E-state index in [1.54, 1.807) is 6.07 Å². The number of nitrogens with zero attached hydrogens (tertiary/aromatic N) is 1. The molecular weight excluding hydrogens is 413 g/mol. The number of aromatic nitrogens is 1. The largest absolute Gasteiger partial charge is 0.478 e. The van der Waals surface area contributed by atoms with Gasteiger partial charge in [0.1, 0.15) is 12.3 Å². The Morgan fingerprint density at radius 3 is 2.27 bits per heavy atom. The topological polar surface area (TPSA) is 76.5 Å². The van der Waals surface area contributed by atoms with Crippen LogP contribution in [-0.4, -0.2) is 22.0 Å². The first-order valence-electron chi connectivity index (χ1n) is 8.96. The van der Waals surface area contributed by atoms with Crippen LogP contribution in [0.25, 0.3) is 0 Å². The molecule has 1 saturated carbocycles. The zero-order valence-electron chi connectivity index (χ0n) is 15.4. The van der Waals surface area contributed by atoms with Crippen molar-refractivity contribution in [1.29, 1.82) is 0 Å². The number of rotatable bonds is 7. The number of halogens is 5. The SMILES string of the molecule is O=C(OCc1c(C(F)(F)F)nc(C(F)F)c(C(=O)O)c1CC1CC1)c1ccccc1. The Labute approximate surface area is 167 Å². The number of alkyl halides is 5. The number of carboxylic acids is 1. The van der Waals surface area contributed by atoms with E-state index in [4.69, 9.17) is 4.74 Å². The van der Waals surface area contributed by atoms with Gasteiger partial charge in [-0.3, -0.25) is 0 Å². The fourth-order valence-corrected chi connectivity index (χ4v) is 3.11. The second-order valence-corrected chi connectivity index (χ2v) is 6.87. The van der Waals surface area contributed by atoms with Crippen LogP contribution in [0.5, 0.6) is 0 Å². The summed E-state index contributed by atoms with van der Waals surface area (Å²) in [6.45, 7) is -0.943. The van der Waals surface area contributed by atoms with Gasteiger partial charge in [0.25, 0.3) is 6.43 Å². The first-order chi connectivity index (χ1) is 14.1. The third kappa shape index (κ3) is 4.74. The van der Waals surface area contributed by atoms with Gasteiger partial charge in [-0.2, -0.15) is 13.2 Å². The monoisotopic (exact) mass is 429 g/mol. The molecular formula is C20H16F5NO4. The molecule has 1 fully saturated rings. The van der Waals surface area contributed by atoms with Crippen LogP contribution in [0.2, 0.25) is 0 Å². The molecule has 30 heavy (non-hydrogen) atoms. The van der Waals surface area contributed by atoms with Crippen LogP contribution >= 0.6 is 0 Å². The molecule has 0 saturated heterocycles. The first kappa shape index (κ1) is 21.7. The molecule has 0 amide bonds. The van der Waals surface area contributed by atoms with Crippen LogP contribution in [0.4, 0.5) is 22.0 Å². The van der Waals surface area contributed by atoms with Crippen molar-refractivity contribution in [1.82, 2.24) is 4.98 Å². The van der Waals surface area contributed by atoms with Crippen LogP contribution in [0.3, 0.4) is 0 Å². The van der Waals surface area contributed by atoms with Crippen LogP contribution in [-0.2, 0) is 23.9 Å². The average Bonchev–Trinajstić information content (AvgIpc) is 3.49. The minimum atomic E-state index is -5.15. The Morgan fingerprint density at radius 2 is 1.77 bits per heavy atom. The highest BCUT2D eigenvalue weighted by atomic mass is 19.4. The number of carboxylic acid groups (broad SMARTS) is 1. The number of carbonyl (C=O) groups is 2. The van der Waals surface area contributed by atoms with Crippen LogP contribution in [0.15, 0.2) is 30.3 Å². The van der Waals surface area contributed by atoms with E-state index in [0.717, 1.165) is 0 Å². The Kier molecular flexibility index (Phi) is 6.04. The highest BCUT2D eigenvalue weighted by molar-refractivity contribution is 5.92. The zero-order chi connectivity index (χ0) is 22.1. The summed E-state index contributed by atoms with van der Waals surface area (Å²) in [4.78, 5) is 26.8. The molecule has 0 spiro atoms. The van der Waals surface area contributed by atoms with Gasteiger partial charge in [0, 0.05) is 5.56 Å². The summed E-state index contributed by atoms with van der Waals surface area (Å²) in [5.41, 5.74) is -5.12. The lowest BCUT2D eigenvalue weighted by Gasteiger charge is -2.21. The molecule has 10 heteroatoms.